The molecule has 5 nitrogen and oxygen atoms in total. The second kappa shape index (κ2) is 10.3. The van der Waals surface area contributed by atoms with Crippen LogP contribution in [0.15, 0.2) is 74.0 Å². The van der Waals surface area contributed by atoms with Crippen molar-refractivity contribution >= 4 is 48.5 Å². The lowest BCUT2D eigenvalue weighted by atomic mass is 10.0. The first-order chi connectivity index (χ1) is 21.2. The first-order valence-corrected chi connectivity index (χ1v) is 17.7. The molecule has 6 bridgehead atoms. The van der Waals surface area contributed by atoms with E-state index in [-0.39, 0.29) is 0 Å². The van der Waals surface area contributed by atoms with Gasteiger partial charge in [-0.25, -0.2) is 9.98 Å². The summed E-state index contributed by atoms with van der Waals surface area (Å²) in [5.41, 5.74) is 15.4. The summed E-state index contributed by atoms with van der Waals surface area (Å²) < 4.78 is 21.2. The zero-order valence-corrected chi connectivity index (χ0v) is 28.1. The van der Waals surface area contributed by atoms with Crippen molar-refractivity contribution < 1.29 is 4.57 Å². The number of rotatable bonds is 5. The Kier molecular flexibility index (Phi) is 6.75. The van der Waals surface area contributed by atoms with Gasteiger partial charge in [0.25, 0.3) is 0 Å². The number of allylic oxidation sites excluding steroid dienone is 4. The van der Waals surface area contributed by atoms with E-state index in [0.717, 1.165) is 87.0 Å². The molecule has 0 spiro atoms. The normalized spacial score (nSPS) is 20.2. The van der Waals surface area contributed by atoms with E-state index in [4.69, 9.17) is 9.98 Å². The molecule has 0 N–H and O–H groups in total. The third-order valence-corrected chi connectivity index (χ3v) is 13.0. The lowest BCUT2D eigenvalue weighted by Gasteiger charge is -2.27. The number of hydrogen-bond acceptors (Lipinski definition) is 3. The summed E-state index contributed by atoms with van der Waals surface area (Å²) in [7, 11) is -3.60. The quantitative estimate of drug-likeness (QED) is 0.279. The van der Waals surface area contributed by atoms with Crippen LogP contribution >= 0.6 is 7.44 Å². The van der Waals surface area contributed by atoms with Crippen LogP contribution in [0.4, 0.5) is 0 Å². The zero-order valence-electron chi connectivity index (χ0n) is 27.2. The Bertz CT molecular complexity index is 2160. The molecular weight excluding hydrogens is 559 g/mol. The molecule has 224 valence electrons. The lowest BCUT2D eigenvalue weighted by Crippen LogP contribution is -2.35. The highest BCUT2D eigenvalue weighted by Gasteiger charge is 2.39. The number of aliphatic imine (C=N–C) groups is 2. The average Bonchev–Trinajstić information content (AvgIpc) is 3.67. The maximum absolute atomic E-state index is 16.8. The first-order valence-electron chi connectivity index (χ1n) is 16.1. The molecule has 4 aliphatic rings. The maximum Gasteiger partial charge on any atom is 0.301 e. The van der Waals surface area contributed by atoms with Crippen molar-refractivity contribution in [3.8, 4) is 0 Å². The van der Waals surface area contributed by atoms with Gasteiger partial charge >= 0.3 is 7.44 Å². The van der Waals surface area contributed by atoms with E-state index in [1.807, 2.05) is 30.3 Å². The molecule has 44 heavy (non-hydrogen) atoms. The molecule has 1 unspecified atom stereocenters. The van der Waals surface area contributed by atoms with Crippen LogP contribution in [-0.2, 0) is 17.4 Å². The summed E-state index contributed by atoms with van der Waals surface area (Å²) in [4.78, 5) is 10.5. The largest absolute Gasteiger partial charge is 0.301 e. The highest BCUT2D eigenvalue weighted by atomic mass is 31.2. The van der Waals surface area contributed by atoms with Crippen molar-refractivity contribution in [1.29, 1.82) is 0 Å². The summed E-state index contributed by atoms with van der Waals surface area (Å²) in [6.07, 6.45) is 12.2. The molecule has 1 aromatic carbocycles. The summed E-state index contributed by atoms with van der Waals surface area (Å²) in [5.74, 6) is 0. The average molecular weight is 601 g/mol. The molecule has 3 aromatic rings. The van der Waals surface area contributed by atoms with Crippen LogP contribution in [0.1, 0.15) is 88.0 Å². The Balaban J connectivity index is 1.85. The van der Waals surface area contributed by atoms with E-state index in [1.165, 1.54) is 33.4 Å². The topological polar surface area (TPSA) is 51.6 Å². The van der Waals surface area contributed by atoms with Gasteiger partial charge in [-0.15, -0.1) is 0 Å². The fourth-order valence-electron chi connectivity index (χ4n) is 7.77. The molecule has 0 amide bonds. The molecule has 0 fully saturated rings. The minimum Gasteiger partial charge on any atom is -0.271 e. The van der Waals surface area contributed by atoms with Gasteiger partial charge in [0.2, 0.25) is 0 Å². The van der Waals surface area contributed by atoms with Crippen LogP contribution < -0.4 is 16.0 Å². The van der Waals surface area contributed by atoms with E-state index in [0.29, 0.717) is 0 Å². The molecule has 6 heterocycles. The van der Waals surface area contributed by atoms with E-state index in [1.54, 1.807) is 0 Å². The van der Waals surface area contributed by atoms with Gasteiger partial charge in [0, 0.05) is 0 Å². The molecule has 7 rings (SSSR count). The zero-order chi connectivity index (χ0) is 31.1. The fourth-order valence-corrected chi connectivity index (χ4v) is 10.9. The summed E-state index contributed by atoms with van der Waals surface area (Å²) in [6, 6.07) is 10.1. The fraction of sp³-hybridized carbons (Fsp3) is 0.316. The van der Waals surface area contributed by atoms with Crippen LogP contribution in [0, 0.1) is 13.8 Å². The summed E-state index contributed by atoms with van der Waals surface area (Å²) in [6.45, 7) is 17.6. The van der Waals surface area contributed by atoms with Gasteiger partial charge in [0.1, 0.15) is 0 Å². The van der Waals surface area contributed by atoms with Crippen LogP contribution in [0.5, 0.6) is 0 Å². The molecule has 6 heteroatoms. The van der Waals surface area contributed by atoms with Crippen molar-refractivity contribution in [1.82, 2.24) is 8.68 Å². The molecule has 4 aliphatic heterocycles. The van der Waals surface area contributed by atoms with E-state index < -0.39 is 7.44 Å². The van der Waals surface area contributed by atoms with E-state index >= 15 is 4.57 Å². The molecular formula is C38H41N4OP. The van der Waals surface area contributed by atoms with Gasteiger partial charge in [-0.2, -0.15) is 0 Å². The third kappa shape index (κ3) is 3.75. The first kappa shape index (κ1) is 28.8. The number of nitrogens with zero attached hydrogens (tertiary/aromatic N) is 4. The van der Waals surface area contributed by atoms with Gasteiger partial charge in [0.15, 0.2) is 0 Å². The minimum absolute atomic E-state index is 0.810. The number of hydrogen-bond donors (Lipinski definition) is 0. The van der Waals surface area contributed by atoms with Crippen molar-refractivity contribution in [3.05, 3.63) is 108 Å². The summed E-state index contributed by atoms with van der Waals surface area (Å²) in [5, 5.41) is 2.75. The van der Waals surface area contributed by atoms with Gasteiger partial charge < -0.3 is 0 Å². The second-order valence-electron chi connectivity index (χ2n) is 12.2. The Morgan fingerprint density at radius 2 is 1.25 bits per heavy atom. The van der Waals surface area contributed by atoms with E-state index in [2.05, 4.69) is 88.4 Å². The van der Waals surface area contributed by atoms with Crippen LogP contribution in [0.3, 0.4) is 0 Å². The molecule has 0 saturated heterocycles. The van der Waals surface area contributed by atoms with Crippen LogP contribution in [0.2, 0.25) is 0 Å². The van der Waals surface area contributed by atoms with Gasteiger partial charge in [-0.3, -0.25) is 13.2 Å². The number of fused-ring (bicyclic) bond motifs is 2. The SMILES string of the molecule is CCC1=C(C)C2=NC1=Cc1c(C)c(CC)c3n1P(=O)(c1ccccc1)n1c(c(C)c(CC)c1=C2)=CC1=NC(=C3)C(C)=C1CC. The highest BCUT2D eigenvalue weighted by Crippen LogP contribution is 2.52. The Hall–Kier alpha value is -3.95. The summed E-state index contributed by atoms with van der Waals surface area (Å²) >= 11 is 0. The van der Waals surface area contributed by atoms with Crippen LogP contribution in [-0.4, -0.2) is 20.1 Å². The molecule has 1 atom stereocenters. The van der Waals surface area contributed by atoms with E-state index in [9.17, 15) is 0 Å². The molecule has 0 saturated carbocycles. The standard InChI is InChI=1S/C38H41N4OP/c1-9-27-22(5)31-18-37-30(12-4)25(8)36-21-34-28(10-2)23(6)32(40-34)19-38-29(11-3)24(7)35(20-33(27)39-31)41(38)44(43,42(36)37)26-16-14-13-15-17-26/h13-21H,9-12H2,1-8H3. The molecule has 2 aromatic heterocycles. The second-order valence-corrected chi connectivity index (χ2v) is 14.6. The van der Waals surface area contributed by atoms with Gasteiger partial charge in [0.05, 0.1) is 50.2 Å². The monoisotopic (exact) mass is 600 g/mol. The third-order valence-electron chi connectivity index (χ3n) is 10.1. The Labute approximate surface area is 260 Å². The van der Waals surface area contributed by atoms with Gasteiger partial charge in [-0.1, -0.05) is 45.9 Å². The molecule has 0 aliphatic carbocycles. The predicted octanol–water partition coefficient (Wildman–Crippen LogP) is 7.58. The lowest BCUT2D eigenvalue weighted by molar-refractivity contribution is 0.566. The van der Waals surface area contributed by atoms with Crippen molar-refractivity contribution in [3.63, 3.8) is 0 Å². The number of benzene rings is 1. The Morgan fingerprint density at radius 1 is 0.614 bits per heavy atom. The highest BCUT2D eigenvalue weighted by molar-refractivity contribution is 7.68. The minimum atomic E-state index is -3.60. The van der Waals surface area contributed by atoms with Crippen molar-refractivity contribution in [2.45, 2.75) is 81.1 Å². The van der Waals surface area contributed by atoms with Crippen molar-refractivity contribution in [2.75, 3.05) is 0 Å². The van der Waals surface area contributed by atoms with Crippen LogP contribution in [0.25, 0.3) is 24.3 Å². The molecule has 0 radical (unpaired) electrons. The maximum atomic E-state index is 16.8. The Morgan fingerprint density at radius 3 is 1.91 bits per heavy atom. The number of aromatic nitrogens is 2. The predicted molar refractivity (Wildman–Crippen MR) is 187 cm³/mol. The van der Waals surface area contributed by atoms with Gasteiger partial charge in [-0.05, 0) is 134 Å². The smallest absolute Gasteiger partial charge is 0.271 e. The van der Waals surface area contributed by atoms with Crippen molar-refractivity contribution in [2.24, 2.45) is 9.98 Å².